The first kappa shape index (κ1) is 23.7. The van der Waals surface area contributed by atoms with E-state index >= 15 is 0 Å². The molecule has 0 N–H and O–H groups in total. The molecule has 3 rings (SSSR count). The molecule has 0 aromatic heterocycles. The molecule has 0 radical (unpaired) electrons. The molecular weight excluding hydrogens is 392 g/mol. The molecule has 31 heavy (non-hydrogen) atoms. The van der Waals surface area contributed by atoms with Crippen molar-refractivity contribution in [3.8, 4) is 0 Å². The van der Waals surface area contributed by atoms with E-state index in [0.29, 0.717) is 0 Å². The molecule has 0 fully saturated rings. The van der Waals surface area contributed by atoms with E-state index in [1.54, 1.807) is 0 Å². The van der Waals surface area contributed by atoms with Gasteiger partial charge in [0.2, 0.25) is 0 Å². The summed E-state index contributed by atoms with van der Waals surface area (Å²) in [5.41, 5.74) is 4.11. The highest BCUT2D eigenvalue weighted by Crippen LogP contribution is 2.43. The molecule has 3 aromatic carbocycles. The van der Waals surface area contributed by atoms with Crippen molar-refractivity contribution in [2.24, 2.45) is 0 Å². The maximum atomic E-state index is 4.30. The first-order valence-electron chi connectivity index (χ1n) is 12.2. The van der Waals surface area contributed by atoms with E-state index in [0.717, 1.165) is 12.2 Å². The lowest BCUT2D eigenvalue weighted by Gasteiger charge is -2.36. The molecule has 0 amide bonds. The van der Waals surface area contributed by atoms with Crippen LogP contribution >= 0.6 is 12.6 Å². The summed E-state index contributed by atoms with van der Waals surface area (Å²) >= 11 is 4.30. The first-order valence-corrected chi connectivity index (χ1v) is 12.8. The fraction of sp³-hybridized carbons (Fsp3) is 0.400. The van der Waals surface area contributed by atoms with Crippen molar-refractivity contribution in [2.45, 2.75) is 69.6 Å². The van der Waals surface area contributed by atoms with Gasteiger partial charge < -0.3 is 0 Å². The first-order chi connectivity index (χ1) is 15.4. The van der Waals surface area contributed by atoms with Crippen LogP contribution in [0.25, 0.3) is 0 Å². The molecule has 0 aliphatic carbocycles. The molecule has 0 saturated carbocycles. The Hall–Kier alpha value is -1.99. The number of hydrogen-bond donors (Lipinski definition) is 1. The molecule has 0 spiro atoms. The molecule has 0 saturated heterocycles. The van der Waals surface area contributed by atoms with E-state index < -0.39 is 0 Å². The molecular formula is C30H38S. The smallest absolute Gasteiger partial charge is 0.0451 e. The molecule has 0 nitrogen and oxygen atoms in total. The van der Waals surface area contributed by atoms with E-state index in [2.05, 4.69) is 104 Å². The Morgan fingerprint density at radius 1 is 0.419 bits per heavy atom. The number of thiol groups is 1. The Morgan fingerprint density at radius 3 is 1.10 bits per heavy atom. The highest BCUT2D eigenvalue weighted by atomic mass is 32.1. The lowest BCUT2D eigenvalue weighted by molar-refractivity contribution is 0.494. The summed E-state index contributed by atoms with van der Waals surface area (Å²) in [7, 11) is 0. The van der Waals surface area contributed by atoms with Gasteiger partial charge in [-0.05, 0) is 35.3 Å². The quantitative estimate of drug-likeness (QED) is 0.147. The molecule has 0 unspecified atom stereocenters. The third-order valence-corrected chi connectivity index (χ3v) is 6.83. The van der Waals surface area contributed by atoms with Gasteiger partial charge in [0.25, 0.3) is 0 Å². The lowest BCUT2D eigenvalue weighted by Crippen LogP contribution is -2.29. The van der Waals surface area contributed by atoms with Crippen LogP contribution < -0.4 is 0 Å². The summed E-state index contributed by atoms with van der Waals surface area (Å²) in [5.74, 6) is 1.03. The summed E-state index contributed by atoms with van der Waals surface area (Å²) in [5, 5.41) is 0. The second-order valence-electron chi connectivity index (χ2n) is 8.66. The molecule has 3 aromatic rings. The van der Waals surface area contributed by atoms with Gasteiger partial charge in [0.15, 0.2) is 0 Å². The zero-order chi connectivity index (χ0) is 21.6. The fourth-order valence-corrected chi connectivity index (χ4v) is 5.06. The van der Waals surface area contributed by atoms with Crippen LogP contribution in [0.15, 0.2) is 91.0 Å². The van der Waals surface area contributed by atoms with Crippen LogP contribution in [-0.2, 0) is 5.41 Å². The minimum atomic E-state index is -0.0867. The van der Waals surface area contributed by atoms with Crippen LogP contribution in [0.1, 0.15) is 80.9 Å². The van der Waals surface area contributed by atoms with Gasteiger partial charge in [-0.2, -0.15) is 12.6 Å². The molecule has 0 aliphatic heterocycles. The molecule has 1 heteroatoms. The van der Waals surface area contributed by atoms with Gasteiger partial charge in [-0.15, -0.1) is 0 Å². The van der Waals surface area contributed by atoms with Gasteiger partial charge in [-0.3, -0.25) is 0 Å². The summed E-state index contributed by atoms with van der Waals surface area (Å²) in [6, 6.07) is 33.3. The summed E-state index contributed by atoms with van der Waals surface area (Å²) in [6.45, 7) is 0. The molecule has 0 heterocycles. The van der Waals surface area contributed by atoms with Gasteiger partial charge in [0.05, 0.1) is 0 Å². The van der Waals surface area contributed by atoms with Gasteiger partial charge in [0.1, 0.15) is 0 Å². The van der Waals surface area contributed by atoms with Crippen LogP contribution in [0.4, 0.5) is 0 Å². The van der Waals surface area contributed by atoms with E-state index in [1.165, 1.54) is 74.5 Å². The molecule has 0 atom stereocenters. The second-order valence-corrected chi connectivity index (χ2v) is 9.11. The van der Waals surface area contributed by atoms with Gasteiger partial charge in [-0.25, -0.2) is 0 Å². The molecule has 0 bridgehead atoms. The highest BCUT2D eigenvalue weighted by molar-refractivity contribution is 7.80. The maximum Gasteiger partial charge on any atom is 0.0451 e. The SMILES string of the molecule is SCCCCCCCCCCCC(c1ccccc1)(c1ccccc1)c1ccccc1. The van der Waals surface area contributed by atoms with Crippen molar-refractivity contribution in [1.29, 1.82) is 0 Å². The topological polar surface area (TPSA) is 0 Å². The number of unbranched alkanes of at least 4 members (excludes halogenated alkanes) is 8. The Kier molecular flexibility index (Phi) is 10.3. The van der Waals surface area contributed by atoms with Gasteiger partial charge in [-0.1, -0.05) is 142 Å². The maximum absolute atomic E-state index is 4.30. The lowest BCUT2D eigenvalue weighted by atomic mass is 9.66. The zero-order valence-electron chi connectivity index (χ0n) is 18.9. The van der Waals surface area contributed by atoms with Crippen LogP contribution in [0.2, 0.25) is 0 Å². The molecule has 0 aliphatic rings. The fourth-order valence-electron chi connectivity index (χ4n) is 4.84. The van der Waals surface area contributed by atoms with Crippen LogP contribution in [0.3, 0.4) is 0 Å². The minimum absolute atomic E-state index is 0.0867. The van der Waals surface area contributed by atoms with Gasteiger partial charge in [0, 0.05) is 5.41 Å². The number of hydrogen-bond acceptors (Lipinski definition) is 1. The van der Waals surface area contributed by atoms with Crippen molar-refractivity contribution in [3.05, 3.63) is 108 Å². The highest BCUT2D eigenvalue weighted by Gasteiger charge is 2.35. The van der Waals surface area contributed by atoms with Crippen molar-refractivity contribution < 1.29 is 0 Å². The van der Waals surface area contributed by atoms with Crippen molar-refractivity contribution >= 4 is 12.6 Å². The number of rotatable bonds is 14. The molecule has 164 valence electrons. The van der Waals surface area contributed by atoms with E-state index in [-0.39, 0.29) is 5.41 Å². The van der Waals surface area contributed by atoms with E-state index in [1.807, 2.05) is 0 Å². The average molecular weight is 431 g/mol. The average Bonchev–Trinajstić information content (AvgIpc) is 2.84. The van der Waals surface area contributed by atoms with E-state index in [9.17, 15) is 0 Å². The van der Waals surface area contributed by atoms with Crippen molar-refractivity contribution in [1.82, 2.24) is 0 Å². The summed E-state index contributed by atoms with van der Waals surface area (Å²) in [6.07, 6.45) is 13.2. The van der Waals surface area contributed by atoms with Crippen LogP contribution in [0.5, 0.6) is 0 Å². The largest absolute Gasteiger partial charge is 0.179 e. The monoisotopic (exact) mass is 430 g/mol. The summed E-state index contributed by atoms with van der Waals surface area (Å²) in [4.78, 5) is 0. The van der Waals surface area contributed by atoms with Crippen molar-refractivity contribution in [2.75, 3.05) is 5.75 Å². The third kappa shape index (κ3) is 6.74. The Bertz CT molecular complexity index is 729. The van der Waals surface area contributed by atoms with Crippen LogP contribution in [0, 0.1) is 0 Å². The predicted molar refractivity (Wildman–Crippen MR) is 139 cm³/mol. The summed E-state index contributed by atoms with van der Waals surface area (Å²) < 4.78 is 0. The van der Waals surface area contributed by atoms with E-state index in [4.69, 9.17) is 0 Å². The van der Waals surface area contributed by atoms with Gasteiger partial charge >= 0.3 is 0 Å². The predicted octanol–water partition coefficient (Wildman–Crippen LogP) is 8.85. The minimum Gasteiger partial charge on any atom is -0.179 e. The Balaban J connectivity index is 1.70. The van der Waals surface area contributed by atoms with Crippen LogP contribution in [-0.4, -0.2) is 5.75 Å². The third-order valence-electron chi connectivity index (χ3n) is 6.51. The zero-order valence-corrected chi connectivity index (χ0v) is 19.8. The second kappa shape index (κ2) is 13.4. The van der Waals surface area contributed by atoms with Crippen molar-refractivity contribution in [3.63, 3.8) is 0 Å². The Labute approximate surface area is 195 Å². The standard InChI is InChI=1S/C30H38S/c31-26-18-7-5-3-1-2-4-6-17-25-30(27-19-11-8-12-20-27,28-21-13-9-14-22-28)29-23-15-10-16-24-29/h8-16,19-24,31H,1-7,17-18,25-26H2. The number of benzene rings is 3. The normalized spacial score (nSPS) is 11.5. The Morgan fingerprint density at radius 2 is 0.742 bits per heavy atom.